The summed E-state index contributed by atoms with van der Waals surface area (Å²) >= 11 is 21.5. The molecule has 1 fully saturated rings. The molecular formula is C28H22Cl3IN2O5S. The Morgan fingerprint density at radius 3 is 2.45 bits per heavy atom. The molecule has 1 saturated heterocycles. The fraction of sp³-hybridized carbons (Fsp3) is 0.179. The summed E-state index contributed by atoms with van der Waals surface area (Å²) in [4.78, 5) is 39.6. The van der Waals surface area contributed by atoms with Crippen LogP contribution in [0.1, 0.15) is 23.6 Å². The maximum absolute atomic E-state index is 13.1. The number of hydrogen-bond acceptors (Lipinski definition) is 6. The van der Waals surface area contributed by atoms with E-state index in [1.54, 1.807) is 48.5 Å². The van der Waals surface area contributed by atoms with Gasteiger partial charge in [-0.15, -0.1) is 0 Å². The van der Waals surface area contributed by atoms with Crippen molar-refractivity contribution in [2.75, 3.05) is 18.5 Å². The van der Waals surface area contributed by atoms with E-state index in [9.17, 15) is 14.4 Å². The first-order valence-electron chi connectivity index (χ1n) is 11.9. The molecule has 1 N–H and O–H groups in total. The molecule has 0 bridgehead atoms. The number of aryl methyl sites for hydroxylation is 1. The first kappa shape index (κ1) is 30.5. The van der Waals surface area contributed by atoms with Crippen LogP contribution in [0.4, 0.5) is 10.5 Å². The molecule has 0 atom stereocenters. The number of rotatable bonds is 9. The zero-order valence-corrected chi connectivity index (χ0v) is 26.5. The third-order valence-electron chi connectivity index (χ3n) is 5.68. The Hall–Kier alpha value is -2.44. The number of ether oxygens (including phenoxy) is 2. The standard InChI is InChI=1S/C28H22Cl3IN2O5S/c1-3-38-23-10-16(9-22(32)26(23)39-14-25(35)33-17-8-7-15(2)21(31)12-17)11-24-27(36)34(28(37)40-24)13-18-19(29)5-4-6-20(18)30/h4-12H,3,13-14H2,1-2H3,(H,33,35)/b24-11-. The molecule has 208 valence electrons. The van der Waals surface area contributed by atoms with Crippen LogP contribution >= 0.6 is 69.2 Å². The molecule has 1 aliphatic rings. The third kappa shape index (κ3) is 7.25. The monoisotopic (exact) mass is 730 g/mol. The lowest BCUT2D eigenvalue weighted by Gasteiger charge is -2.15. The lowest BCUT2D eigenvalue weighted by atomic mass is 10.1. The summed E-state index contributed by atoms with van der Waals surface area (Å²) in [5, 5.41) is 3.63. The zero-order chi connectivity index (χ0) is 29.0. The molecule has 3 aromatic rings. The highest BCUT2D eigenvalue weighted by atomic mass is 127. The molecule has 4 rings (SSSR count). The molecule has 0 saturated carbocycles. The molecule has 0 aliphatic carbocycles. The summed E-state index contributed by atoms with van der Waals surface area (Å²) in [6, 6.07) is 13.7. The van der Waals surface area contributed by atoms with Crippen molar-refractivity contribution >= 4 is 98.0 Å². The van der Waals surface area contributed by atoms with Gasteiger partial charge in [0.05, 0.1) is 21.6 Å². The lowest BCUT2D eigenvalue weighted by molar-refractivity contribution is -0.123. The Bertz CT molecular complexity index is 1510. The summed E-state index contributed by atoms with van der Waals surface area (Å²) in [5.41, 5.74) is 2.59. The minimum absolute atomic E-state index is 0.0358. The van der Waals surface area contributed by atoms with Crippen molar-refractivity contribution in [1.82, 2.24) is 4.90 Å². The van der Waals surface area contributed by atoms with Crippen LogP contribution in [-0.4, -0.2) is 35.2 Å². The van der Waals surface area contributed by atoms with E-state index in [1.807, 2.05) is 19.9 Å². The predicted octanol–water partition coefficient (Wildman–Crippen LogP) is 8.21. The Morgan fingerprint density at radius 2 is 1.77 bits per heavy atom. The Balaban J connectivity index is 1.50. The maximum atomic E-state index is 13.1. The molecule has 3 amide bonds. The number of nitrogens with zero attached hydrogens (tertiary/aromatic N) is 1. The van der Waals surface area contributed by atoms with Crippen LogP contribution in [0.15, 0.2) is 53.4 Å². The number of anilines is 1. The Labute approximate surface area is 264 Å². The van der Waals surface area contributed by atoms with Crippen LogP contribution in [0.5, 0.6) is 11.5 Å². The number of imide groups is 1. The third-order valence-corrected chi connectivity index (χ3v) is 8.51. The van der Waals surface area contributed by atoms with E-state index < -0.39 is 11.1 Å². The molecule has 3 aromatic carbocycles. The molecular weight excluding hydrogens is 710 g/mol. The SMILES string of the molecule is CCOc1cc(/C=C2\SC(=O)N(Cc3c(Cl)cccc3Cl)C2=O)cc(I)c1OCC(=O)Nc1ccc(C)c(Cl)c1. The second kappa shape index (κ2) is 13.5. The van der Waals surface area contributed by atoms with Gasteiger partial charge in [-0.1, -0.05) is 46.9 Å². The summed E-state index contributed by atoms with van der Waals surface area (Å²) in [6.07, 6.45) is 1.61. The van der Waals surface area contributed by atoms with Gasteiger partial charge in [-0.2, -0.15) is 0 Å². The van der Waals surface area contributed by atoms with Gasteiger partial charge in [0, 0.05) is 26.3 Å². The fourth-order valence-electron chi connectivity index (χ4n) is 3.71. The van der Waals surface area contributed by atoms with Crippen molar-refractivity contribution in [2.45, 2.75) is 20.4 Å². The zero-order valence-electron chi connectivity index (χ0n) is 21.2. The van der Waals surface area contributed by atoms with Crippen molar-refractivity contribution < 1.29 is 23.9 Å². The summed E-state index contributed by atoms with van der Waals surface area (Å²) in [7, 11) is 0. The number of hydrogen-bond donors (Lipinski definition) is 1. The van der Waals surface area contributed by atoms with Crippen molar-refractivity contribution in [3.05, 3.63) is 88.8 Å². The molecule has 1 heterocycles. The van der Waals surface area contributed by atoms with E-state index in [0.717, 1.165) is 22.2 Å². The first-order valence-corrected chi connectivity index (χ1v) is 14.9. The maximum Gasteiger partial charge on any atom is 0.293 e. The fourth-order valence-corrected chi connectivity index (χ4v) is 6.03. The van der Waals surface area contributed by atoms with Gasteiger partial charge in [0.25, 0.3) is 17.1 Å². The quantitative estimate of drug-likeness (QED) is 0.177. The van der Waals surface area contributed by atoms with E-state index >= 15 is 0 Å². The van der Waals surface area contributed by atoms with E-state index in [-0.39, 0.29) is 24.0 Å². The van der Waals surface area contributed by atoms with Crippen LogP contribution in [0.3, 0.4) is 0 Å². The van der Waals surface area contributed by atoms with Crippen LogP contribution in [0, 0.1) is 10.5 Å². The average molecular weight is 732 g/mol. The van der Waals surface area contributed by atoms with Crippen molar-refractivity contribution in [3.8, 4) is 11.5 Å². The molecule has 7 nitrogen and oxygen atoms in total. The number of thioether (sulfide) groups is 1. The van der Waals surface area contributed by atoms with Gasteiger partial charge in [0.1, 0.15) is 0 Å². The van der Waals surface area contributed by atoms with E-state index in [2.05, 4.69) is 27.9 Å². The summed E-state index contributed by atoms with van der Waals surface area (Å²) < 4.78 is 12.2. The molecule has 0 spiro atoms. The van der Waals surface area contributed by atoms with Crippen LogP contribution < -0.4 is 14.8 Å². The summed E-state index contributed by atoms with van der Waals surface area (Å²) in [6.45, 7) is 3.75. The predicted molar refractivity (Wildman–Crippen MR) is 169 cm³/mol. The number of nitrogens with one attached hydrogen (secondary N) is 1. The number of carbonyl (C=O) groups is 3. The van der Waals surface area contributed by atoms with Gasteiger partial charge >= 0.3 is 0 Å². The van der Waals surface area contributed by atoms with Crippen molar-refractivity contribution in [3.63, 3.8) is 0 Å². The normalized spacial score (nSPS) is 14.2. The van der Waals surface area contributed by atoms with E-state index in [1.165, 1.54) is 0 Å². The number of amides is 3. The lowest BCUT2D eigenvalue weighted by Crippen LogP contribution is -2.27. The average Bonchev–Trinajstić information content (AvgIpc) is 3.15. The van der Waals surface area contributed by atoms with Gasteiger partial charge < -0.3 is 14.8 Å². The Kier molecular flexibility index (Phi) is 10.3. The second-order valence-corrected chi connectivity index (χ2v) is 11.9. The van der Waals surface area contributed by atoms with Gasteiger partial charge in [0.2, 0.25) is 0 Å². The highest BCUT2D eigenvalue weighted by molar-refractivity contribution is 14.1. The van der Waals surface area contributed by atoms with E-state index in [4.69, 9.17) is 44.3 Å². The first-order chi connectivity index (χ1) is 19.1. The summed E-state index contributed by atoms with van der Waals surface area (Å²) in [5.74, 6) is -0.0336. The molecule has 12 heteroatoms. The minimum Gasteiger partial charge on any atom is -0.490 e. The minimum atomic E-state index is -0.452. The highest BCUT2D eigenvalue weighted by Crippen LogP contribution is 2.39. The van der Waals surface area contributed by atoms with Gasteiger partial charge in [-0.3, -0.25) is 19.3 Å². The Morgan fingerprint density at radius 1 is 1.05 bits per heavy atom. The number of benzene rings is 3. The van der Waals surface area contributed by atoms with E-state index in [0.29, 0.717) is 53.6 Å². The topological polar surface area (TPSA) is 84.9 Å². The molecule has 0 radical (unpaired) electrons. The smallest absolute Gasteiger partial charge is 0.293 e. The second-order valence-electron chi connectivity index (χ2n) is 8.53. The van der Waals surface area contributed by atoms with Gasteiger partial charge in [-0.05, 0) is 102 Å². The molecule has 40 heavy (non-hydrogen) atoms. The van der Waals surface area contributed by atoms with Crippen molar-refractivity contribution in [2.24, 2.45) is 0 Å². The number of halogens is 4. The van der Waals surface area contributed by atoms with Gasteiger partial charge in [0.15, 0.2) is 18.1 Å². The molecule has 0 aromatic heterocycles. The molecule has 0 unspecified atom stereocenters. The number of carbonyl (C=O) groups excluding carboxylic acids is 3. The van der Waals surface area contributed by atoms with Gasteiger partial charge in [-0.25, -0.2) is 0 Å². The van der Waals surface area contributed by atoms with Crippen molar-refractivity contribution in [1.29, 1.82) is 0 Å². The van der Waals surface area contributed by atoms with Crippen LogP contribution in [0.25, 0.3) is 6.08 Å². The van der Waals surface area contributed by atoms with Crippen LogP contribution in [0.2, 0.25) is 15.1 Å². The largest absolute Gasteiger partial charge is 0.490 e. The van der Waals surface area contributed by atoms with Crippen LogP contribution in [-0.2, 0) is 16.1 Å². The highest BCUT2D eigenvalue weighted by Gasteiger charge is 2.36. The molecule has 1 aliphatic heterocycles.